The quantitative estimate of drug-likeness (QED) is 0.628. The van der Waals surface area contributed by atoms with Crippen molar-refractivity contribution in [1.29, 1.82) is 0 Å². The average Bonchev–Trinajstić information content (AvgIpc) is 3.31. The van der Waals surface area contributed by atoms with E-state index in [4.69, 9.17) is 0 Å². The van der Waals surface area contributed by atoms with Crippen molar-refractivity contribution in [2.45, 2.75) is 18.9 Å². The Labute approximate surface area is 139 Å². The molecule has 0 saturated heterocycles. The molecular weight excluding hydrogens is 315 g/mol. The monoisotopic (exact) mass is 336 g/mol. The molecule has 0 atom stereocenters. The molecule has 8 heteroatoms. The van der Waals surface area contributed by atoms with E-state index in [0.717, 1.165) is 12.8 Å². The molecule has 24 heavy (non-hydrogen) atoms. The molecule has 0 aliphatic heterocycles. The van der Waals surface area contributed by atoms with E-state index in [0.29, 0.717) is 5.69 Å². The highest BCUT2D eigenvalue weighted by Gasteiger charge is 2.23. The molecule has 0 radical (unpaired) electrons. The number of nitrogens with zero attached hydrogens (tertiary/aromatic N) is 1. The molecule has 3 amide bonds. The predicted octanol–water partition coefficient (Wildman–Crippen LogP) is 0.0908. The molecule has 1 aromatic carbocycles. The Morgan fingerprint density at radius 1 is 1.08 bits per heavy atom. The third-order valence-corrected chi connectivity index (χ3v) is 3.34. The minimum absolute atomic E-state index is 0.0158. The van der Waals surface area contributed by atoms with Crippen LogP contribution in [0, 0.1) is 5.82 Å². The molecule has 0 unspecified atom stereocenters. The normalized spacial score (nSPS) is 13.5. The first-order valence-corrected chi connectivity index (χ1v) is 7.72. The summed E-state index contributed by atoms with van der Waals surface area (Å²) in [6, 6.07) is 5.61. The highest BCUT2D eigenvalue weighted by molar-refractivity contribution is 5.94. The number of carbonyl (C=O) groups excluding carboxylic acids is 3. The summed E-state index contributed by atoms with van der Waals surface area (Å²) >= 11 is 0. The average molecular weight is 336 g/mol. The number of amides is 3. The number of hydrogen-bond donors (Lipinski definition) is 3. The van der Waals surface area contributed by atoms with Crippen molar-refractivity contribution in [3.8, 4) is 0 Å². The minimum Gasteiger partial charge on any atom is -0.352 e. The van der Waals surface area contributed by atoms with Gasteiger partial charge >= 0.3 is 0 Å². The van der Waals surface area contributed by atoms with Gasteiger partial charge in [-0.2, -0.15) is 0 Å². The number of rotatable bonds is 8. The predicted molar refractivity (Wildman–Crippen MR) is 86.7 cm³/mol. The van der Waals surface area contributed by atoms with Crippen molar-refractivity contribution in [3.05, 3.63) is 30.1 Å². The van der Waals surface area contributed by atoms with Crippen molar-refractivity contribution >= 4 is 23.4 Å². The van der Waals surface area contributed by atoms with Crippen molar-refractivity contribution in [2.24, 2.45) is 0 Å². The van der Waals surface area contributed by atoms with Gasteiger partial charge in [-0.25, -0.2) is 4.39 Å². The van der Waals surface area contributed by atoms with E-state index >= 15 is 0 Å². The number of nitrogens with one attached hydrogen (secondary N) is 3. The maximum Gasteiger partial charge on any atom is 0.243 e. The van der Waals surface area contributed by atoms with Gasteiger partial charge < -0.3 is 16.0 Å². The largest absolute Gasteiger partial charge is 0.352 e. The first-order chi connectivity index (χ1) is 11.4. The van der Waals surface area contributed by atoms with Crippen molar-refractivity contribution in [1.82, 2.24) is 15.5 Å². The summed E-state index contributed by atoms with van der Waals surface area (Å²) in [4.78, 5) is 36.6. The van der Waals surface area contributed by atoms with Gasteiger partial charge in [0.05, 0.1) is 19.6 Å². The Kier molecular flexibility index (Phi) is 6.25. The number of carbonyl (C=O) groups is 3. The van der Waals surface area contributed by atoms with E-state index in [1.54, 1.807) is 11.9 Å². The zero-order valence-electron chi connectivity index (χ0n) is 13.5. The van der Waals surface area contributed by atoms with Crippen LogP contribution in [0.1, 0.15) is 12.8 Å². The van der Waals surface area contributed by atoms with E-state index in [1.807, 2.05) is 0 Å². The zero-order chi connectivity index (χ0) is 17.5. The Morgan fingerprint density at radius 3 is 2.33 bits per heavy atom. The fraction of sp³-hybridized carbons (Fsp3) is 0.438. The summed E-state index contributed by atoms with van der Waals surface area (Å²) in [5, 5.41) is 7.85. The summed E-state index contributed by atoms with van der Waals surface area (Å²) in [7, 11) is 1.66. The zero-order valence-corrected chi connectivity index (χ0v) is 13.5. The lowest BCUT2D eigenvalue weighted by Crippen LogP contribution is -2.43. The van der Waals surface area contributed by atoms with Crippen LogP contribution in [-0.2, 0) is 14.4 Å². The lowest BCUT2D eigenvalue weighted by molar-refractivity contribution is -0.126. The topological polar surface area (TPSA) is 90.5 Å². The van der Waals surface area contributed by atoms with E-state index in [2.05, 4.69) is 16.0 Å². The van der Waals surface area contributed by atoms with Gasteiger partial charge in [0.1, 0.15) is 5.82 Å². The molecule has 7 nitrogen and oxygen atoms in total. The van der Waals surface area contributed by atoms with E-state index in [1.165, 1.54) is 24.3 Å². The smallest absolute Gasteiger partial charge is 0.243 e. The number of halogens is 1. The second-order valence-corrected chi connectivity index (χ2v) is 5.85. The Bertz CT molecular complexity index is 602. The van der Waals surface area contributed by atoms with E-state index in [-0.39, 0.29) is 37.5 Å². The van der Waals surface area contributed by atoms with Crippen LogP contribution in [0.2, 0.25) is 0 Å². The molecule has 2 rings (SSSR count). The standard InChI is InChI=1S/C16H21FN4O3/c1-21(10-16(24)20-13-6-7-13)9-15(23)18-8-14(22)19-12-4-2-11(17)3-5-12/h2-5,13H,6-10H2,1H3,(H,18,23)(H,19,22)(H,20,24). The molecule has 1 fully saturated rings. The fourth-order valence-corrected chi connectivity index (χ4v) is 2.02. The third-order valence-electron chi connectivity index (χ3n) is 3.34. The molecule has 1 aliphatic carbocycles. The third kappa shape index (κ3) is 6.74. The van der Waals surface area contributed by atoms with Gasteiger partial charge in [-0.05, 0) is 44.2 Å². The van der Waals surface area contributed by atoms with Gasteiger partial charge in [-0.1, -0.05) is 0 Å². The van der Waals surface area contributed by atoms with Gasteiger partial charge in [0.2, 0.25) is 17.7 Å². The van der Waals surface area contributed by atoms with E-state index in [9.17, 15) is 18.8 Å². The van der Waals surface area contributed by atoms with E-state index < -0.39 is 11.7 Å². The molecule has 1 aliphatic rings. The summed E-state index contributed by atoms with van der Waals surface area (Å²) in [5.41, 5.74) is 0.449. The van der Waals surface area contributed by atoms with Crippen LogP contribution in [0.15, 0.2) is 24.3 Å². The maximum atomic E-state index is 12.8. The molecule has 3 N–H and O–H groups in total. The van der Waals surface area contributed by atoms with Crippen LogP contribution in [0.5, 0.6) is 0 Å². The highest BCUT2D eigenvalue weighted by atomic mass is 19.1. The second-order valence-electron chi connectivity index (χ2n) is 5.85. The summed E-state index contributed by atoms with van der Waals surface area (Å²) in [5.74, 6) is -1.27. The van der Waals surface area contributed by atoms with Crippen LogP contribution < -0.4 is 16.0 Å². The summed E-state index contributed by atoms with van der Waals surface area (Å²) < 4.78 is 12.8. The van der Waals surface area contributed by atoms with Crippen LogP contribution in [0.3, 0.4) is 0 Å². The van der Waals surface area contributed by atoms with Crippen LogP contribution in [-0.4, -0.2) is 55.3 Å². The van der Waals surface area contributed by atoms with Gasteiger partial charge in [0.25, 0.3) is 0 Å². The molecule has 0 spiro atoms. The van der Waals surface area contributed by atoms with Crippen molar-refractivity contribution in [3.63, 3.8) is 0 Å². The highest BCUT2D eigenvalue weighted by Crippen LogP contribution is 2.18. The second kappa shape index (κ2) is 8.39. The Hall–Kier alpha value is -2.48. The number of hydrogen-bond acceptors (Lipinski definition) is 4. The van der Waals surface area contributed by atoms with Crippen LogP contribution in [0.25, 0.3) is 0 Å². The molecule has 0 aromatic heterocycles. The van der Waals surface area contributed by atoms with Crippen LogP contribution >= 0.6 is 0 Å². The van der Waals surface area contributed by atoms with Gasteiger partial charge in [-0.3, -0.25) is 19.3 Å². The Balaban J connectivity index is 1.63. The van der Waals surface area contributed by atoms with Crippen molar-refractivity contribution < 1.29 is 18.8 Å². The lowest BCUT2D eigenvalue weighted by atomic mass is 10.3. The SMILES string of the molecule is CN(CC(=O)NCC(=O)Nc1ccc(F)cc1)CC(=O)NC1CC1. The van der Waals surface area contributed by atoms with Crippen LogP contribution in [0.4, 0.5) is 10.1 Å². The molecule has 1 aromatic rings. The molecule has 1 saturated carbocycles. The summed E-state index contributed by atoms with van der Waals surface area (Å²) in [6.45, 7) is -0.0497. The first kappa shape index (κ1) is 17.9. The number of likely N-dealkylation sites (N-methyl/N-ethyl adjacent to an activating group) is 1. The molecule has 0 heterocycles. The Morgan fingerprint density at radius 2 is 1.71 bits per heavy atom. The van der Waals surface area contributed by atoms with Gasteiger partial charge in [0, 0.05) is 11.7 Å². The summed E-state index contributed by atoms with van der Waals surface area (Å²) in [6.07, 6.45) is 2.03. The molecule has 130 valence electrons. The number of anilines is 1. The first-order valence-electron chi connectivity index (χ1n) is 7.72. The molecular formula is C16H21FN4O3. The van der Waals surface area contributed by atoms with Gasteiger partial charge in [0.15, 0.2) is 0 Å². The maximum absolute atomic E-state index is 12.8. The molecule has 0 bridgehead atoms. The van der Waals surface area contributed by atoms with Gasteiger partial charge in [-0.15, -0.1) is 0 Å². The minimum atomic E-state index is -0.413. The fourth-order valence-electron chi connectivity index (χ4n) is 2.02. The van der Waals surface area contributed by atoms with Crippen molar-refractivity contribution in [2.75, 3.05) is 32.0 Å². The number of benzene rings is 1. The lowest BCUT2D eigenvalue weighted by Gasteiger charge is -2.15.